The van der Waals surface area contributed by atoms with E-state index in [1.807, 2.05) is 0 Å². The Bertz CT molecular complexity index is 213. The molecule has 2 N–H and O–H groups in total. The fourth-order valence-corrected chi connectivity index (χ4v) is 1.20. The van der Waals surface area contributed by atoms with Gasteiger partial charge in [-0.15, -0.1) is 0 Å². The molecule has 0 aliphatic heterocycles. The zero-order valence-corrected chi connectivity index (χ0v) is 8.09. The van der Waals surface area contributed by atoms with Crippen molar-refractivity contribution in [2.24, 2.45) is 0 Å². The van der Waals surface area contributed by atoms with Crippen LogP contribution in [0.15, 0.2) is 0 Å². The van der Waals surface area contributed by atoms with Crippen LogP contribution in [-0.2, 0) is 25.4 Å². The van der Waals surface area contributed by atoms with Gasteiger partial charge in [-0.3, -0.25) is 4.79 Å². The van der Waals surface area contributed by atoms with Crippen LogP contribution in [0.3, 0.4) is 0 Å². The van der Waals surface area contributed by atoms with E-state index in [4.69, 9.17) is 4.55 Å². The summed E-state index contributed by atoms with van der Waals surface area (Å²) >= 11 is -2.15. The first-order chi connectivity index (χ1) is 5.97. The summed E-state index contributed by atoms with van der Waals surface area (Å²) < 4.78 is 23.2. The van der Waals surface area contributed by atoms with Gasteiger partial charge in [0.25, 0.3) is 0 Å². The van der Waals surface area contributed by atoms with E-state index >= 15 is 0 Å². The molecule has 0 fully saturated rings. The second-order valence-corrected chi connectivity index (χ2v) is 3.24. The minimum Gasteiger partial charge on any atom is -0.467 e. The van der Waals surface area contributed by atoms with Crippen molar-refractivity contribution in [2.45, 2.75) is 13.0 Å². The minimum absolute atomic E-state index is 0.369. The molecule has 2 atom stereocenters. The molecular formula is C6H11NO5S. The van der Waals surface area contributed by atoms with Gasteiger partial charge in [0.05, 0.1) is 12.9 Å². The van der Waals surface area contributed by atoms with Crippen LogP contribution in [0.1, 0.15) is 6.92 Å². The lowest BCUT2D eigenvalue weighted by molar-refractivity contribution is -0.144. The van der Waals surface area contributed by atoms with Crippen molar-refractivity contribution in [1.82, 2.24) is 5.32 Å². The third kappa shape index (κ3) is 5.31. The zero-order chi connectivity index (χ0) is 10.4. The molecule has 13 heavy (non-hydrogen) atoms. The highest BCUT2D eigenvalue weighted by Crippen LogP contribution is 1.91. The number of amides is 1. The van der Waals surface area contributed by atoms with Gasteiger partial charge in [0.2, 0.25) is 5.91 Å². The van der Waals surface area contributed by atoms with Gasteiger partial charge in [-0.05, 0) is 0 Å². The van der Waals surface area contributed by atoms with Crippen molar-refractivity contribution in [3.05, 3.63) is 0 Å². The lowest BCUT2D eigenvalue weighted by atomic mass is 10.3. The number of nitrogens with one attached hydrogen (secondary N) is 1. The number of carbonyl (C=O) groups excluding carboxylic acids is 2. The molecule has 0 spiro atoms. The Morgan fingerprint density at radius 2 is 2.15 bits per heavy atom. The van der Waals surface area contributed by atoms with Crippen molar-refractivity contribution in [2.75, 3.05) is 12.9 Å². The zero-order valence-electron chi connectivity index (χ0n) is 7.27. The molecule has 0 rings (SSSR count). The molecule has 0 aromatic heterocycles. The maximum atomic E-state index is 10.9. The van der Waals surface area contributed by atoms with Gasteiger partial charge >= 0.3 is 5.97 Å². The van der Waals surface area contributed by atoms with Crippen molar-refractivity contribution in [1.29, 1.82) is 0 Å². The van der Waals surface area contributed by atoms with E-state index in [2.05, 4.69) is 10.1 Å². The molecule has 7 heteroatoms. The summed E-state index contributed by atoms with van der Waals surface area (Å²) in [4.78, 5) is 21.5. The maximum Gasteiger partial charge on any atom is 0.329 e. The van der Waals surface area contributed by atoms with E-state index in [1.165, 1.54) is 6.92 Å². The summed E-state index contributed by atoms with van der Waals surface area (Å²) in [5.74, 6) is -1.56. The first-order valence-electron chi connectivity index (χ1n) is 3.39. The number of hydrogen-bond donors (Lipinski definition) is 2. The molecule has 0 bridgehead atoms. The van der Waals surface area contributed by atoms with Gasteiger partial charge in [0, 0.05) is 6.92 Å². The SMILES string of the molecule is COC(=O)C(CS(=O)O)NC(C)=O. The maximum absolute atomic E-state index is 10.9. The number of carbonyl (C=O) groups is 2. The molecule has 76 valence electrons. The summed E-state index contributed by atoms with van der Waals surface area (Å²) in [6.07, 6.45) is 0. The first-order valence-corrected chi connectivity index (χ1v) is 4.67. The van der Waals surface area contributed by atoms with Crippen LogP contribution in [0.4, 0.5) is 0 Å². The lowest BCUT2D eigenvalue weighted by Crippen LogP contribution is -2.44. The van der Waals surface area contributed by atoms with E-state index in [0.717, 1.165) is 7.11 Å². The number of methoxy groups -OCH3 is 1. The summed E-state index contributed by atoms with van der Waals surface area (Å²) in [5.41, 5.74) is 0. The van der Waals surface area contributed by atoms with Gasteiger partial charge in [0.1, 0.15) is 6.04 Å². The van der Waals surface area contributed by atoms with Crippen molar-refractivity contribution in [3.8, 4) is 0 Å². The average Bonchev–Trinajstić information content (AvgIpc) is 2.00. The van der Waals surface area contributed by atoms with Crippen LogP contribution in [0.2, 0.25) is 0 Å². The van der Waals surface area contributed by atoms with E-state index in [1.54, 1.807) is 0 Å². The molecule has 2 unspecified atom stereocenters. The van der Waals surface area contributed by atoms with Crippen LogP contribution in [0, 0.1) is 0 Å². The molecule has 0 heterocycles. The van der Waals surface area contributed by atoms with Crippen LogP contribution < -0.4 is 5.32 Å². The predicted octanol–water partition coefficient (Wildman–Crippen LogP) is -1.11. The van der Waals surface area contributed by atoms with Crippen LogP contribution in [0.25, 0.3) is 0 Å². The predicted molar refractivity (Wildman–Crippen MR) is 45.3 cm³/mol. The molecular weight excluding hydrogens is 198 g/mol. The quantitative estimate of drug-likeness (QED) is 0.452. The monoisotopic (exact) mass is 209 g/mol. The lowest BCUT2D eigenvalue weighted by Gasteiger charge is -2.12. The Hall–Kier alpha value is -0.950. The van der Waals surface area contributed by atoms with Crippen LogP contribution in [0.5, 0.6) is 0 Å². The van der Waals surface area contributed by atoms with Gasteiger partial charge in [0.15, 0.2) is 11.1 Å². The fourth-order valence-electron chi connectivity index (χ4n) is 0.699. The first kappa shape index (κ1) is 12.0. The molecule has 1 amide bonds. The third-order valence-corrected chi connectivity index (χ3v) is 1.79. The molecule has 0 aromatic carbocycles. The molecule has 6 nitrogen and oxygen atoms in total. The van der Waals surface area contributed by atoms with Gasteiger partial charge in [-0.1, -0.05) is 0 Å². The van der Waals surface area contributed by atoms with Crippen LogP contribution in [-0.4, -0.2) is 39.5 Å². The largest absolute Gasteiger partial charge is 0.467 e. The van der Waals surface area contributed by atoms with Crippen molar-refractivity contribution in [3.63, 3.8) is 0 Å². The second-order valence-electron chi connectivity index (χ2n) is 2.26. The number of hydrogen-bond acceptors (Lipinski definition) is 4. The number of ether oxygens (including phenoxy) is 1. The minimum atomic E-state index is -2.15. The molecule has 0 saturated carbocycles. The Kier molecular flexibility index (Phi) is 5.24. The molecule has 0 aliphatic carbocycles. The fraction of sp³-hybridized carbons (Fsp3) is 0.667. The van der Waals surface area contributed by atoms with E-state index in [0.29, 0.717) is 0 Å². The normalized spacial score (nSPS) is 14.4. The molecule has 0 aromatic rings. The second kappa shape index (κ2) is 5.65. The number of esters is 1. The highest BCUT2D eigenvalue weighted by atomic mass is 32.2. The van der Waals surface area contributed by atoms with Gasteiger partial charge in [-0.25, -0.2) is 9.00 Å². The Morgan fingerprint density at radius 3 is 2.46 bits per heavy atom. The summed E-state index contributed by atoms with van der Waals surface area (Å²) in [6, 6.07) is -1.06. The molecule has 0 saturated heterocycles. The van der Waals surface area contributed by atoms with Gasteiger partial charge < -0.3 is 14.6 Å². The average molecular weight is 209 g/mol. The Labute approximate surface area is 77.9 Å². The molecule has 0 radical (unpaired) electrons. The summed E-state index contributed by atoms with van der Waals surface area (Å²) in [5, 5.41) is 2.20. The van der Waals surface area contributed by atoms with Crippen molar-refractivity contribution >= 4 is 23.0 Å². The summed E-state index contributed by atoms with van der Waals surface area (Å²) in [6.45, 7) is 1.20. The number of rotatable bonds is 4. The third-order valence-electron chi connectivity index (χ3n) is 1.17. The topological polar surface area (TPSA) is 92.7 Å². The highest BCUT2D eigenvalue weighted by molar-refractivity contribution is 7.79. The highest BCUT2D eigenvalue weighted by Gasteiger charge is 2.21. The van der Waals surface area contributed by atoms with Crippen molar-refractivity contribution < 1.29 is 23.1 Å². The standard InChI is InChI=1S/C6H11NO5S/c1-4(8)7-5(3-13(10)11)6(9)12-2/h5H,3H2,1-2H3,(H,7,8)(H,10,11). The van der Waals surface area contributed by atoms with E-state index in [9.17, 15) is 13.8 Å². The molecule has 0 aliphatic rings. The Balaban J connectivity index is 4.26. The Morgan fingerprint density at radius 1 is 1.62 bits per heavy atom. The van der Waals surface area contributed by atoms with E-state index < -0.39 is 29.0 Å². The smallest absolute Gasteiger partial charge is 0.329 e. The van der Waals surface area contributed by atoms with Crippen LogP contribution >= 0.6 is 0 Å². The van der Waals surface area contributed by atoms with Gasteiger partial charge in [-0.2, -0.15) is 0 Å². The van der Waals surface area contributed by atoms with E-state index in [-0.39, 0.29) is 5.75 Å². The summed E-state index contributed by atoms with van der Waals surface area (Å²) in [7, 11) is 1.14.